The highest BCUT2D eigenvalue weighted by molar-refractivity contribution is 5.93. The molecule has 130 valence electrons. The number of aromatic nitrogens is 3. The average molecular weight is 344 g/mol. The number of anilines is 2. The van der Waals surface area contributed by atoms with Gasteiger partial charge in [0.05, 0.1) is 17.7 Å². The van der Waals surface area contributed by atoms with Crippen molar-refractivity contribution in [1.82, 2.24) is 14.5 Å². The van der Waals surface area contributed by atoms with Crippen LogP contribution in [0.2, 0.25) is 0 Å². The van der Waals surface area contributed by atoms with Crippen molar-refractivity contribution in [1.29, 1.82) is 0 Å². The molecule has 4 rings (SSSR count). The molecule has 0 bridgehead atoms. The fraction of sp³-hybridized carbons (Fsp3) is 0.143. The topological polar surface area (TPSA) is 52.0 Å². The highest BCUT2D eigenvalue weighted by atomic mass is 16.5. The summed E-state index contributed by atoms with van der Waals surface area (Å²) >= 11 is 0. The van der Waals surface area contributed by atoms with Crippen molar-refractivity contribution in [2.45, 2.75) is 6.92 Å². The van der Waals surface area contributed by atoms with Crippen molar-refractivity contribution in [2.75, 3.05) is 11.9 Å². The summed E-state index contributed by atoms with van der Waals surface area (Å²) in [5.41, 5.74) is 4.11. The molecule has 0 unspecified atom stereocenters. The summed E-state index contributed by atoms with van der Waals surface area (Å²) in [6, 6.07) is 20.3. The predicted molar refractivity (Wildman–Crippen MR) is 105 cm³/mol. The van der Waals surface area contributed by atoms with Gasteiger partial charge >= 0.3 is 0 Å². The molecular weight excluding hydrogens is 324 g/mol. The summed E-state index contributed by atoms with van der Waals surface area (Å²) in [4.78, 5) is 8.90. The van der Waals surface area contributed by atoms with E-state index in [1.165, 1.54) is 0 Å². The largest absolute Gasteiger partial charge is 0.494 e. The molecule has 5 heteroatoms. The van der Waals surface area contributed by atoms with Gasteiger partial charge in [-0.25, -0.2) is 9.97 Å². The highest BCUT2D eigenvalue weighted by Crippen LogP contribution is 2.30. The molecule has 0 atom stereocenters. The minimum absolute atomic E-state index is 0.658. The molecule has 0 amide bonds. The van der Waals surface area contributed by atoms with Crippen LogP contribution in [0, 0.1) is 0 Å². The van der Waals surface area contributed by atoms with Crippen LogP contribution in [0.15, 0.2) is 67.0 Å². The fourth-order valence-electron chi connectivity index (χ4n) is 3.06. The number of hydrogen-bond donors (Lipinski definition) is 1. The van der Waals surface area contributed by atoms with Gasteiger partial charge in [-0.3, -0.25) is 0 Å². The number of hydrogen-bond acceptors (Lipinski definition) is 4. The smallest absolute Gasteiger partial charge is 0.145 e. The standard InChI is InChI=1S/C21H20N4O/c1-3-26-17-11-9-16(10-12-17)24-20-18-13-19(15-7-5-4-6-8-15)25(2)21(18)23-14-22-20/h4-14H,3H2,1-2H3,(H,22,23,24). The van der Waals surface area contributed by atoms with E-state index in [1.54, 1.807) is 6.33 Å². The van der Waals surface area contributed by atoms with Crippen LogP contribution < -0.4 is 10.1 Å². The Kier molecular flexibility index (Phi) is 4.27. The summed E-state index contributed by atoms with van der Waals surface area (Å²) in [6.07, 6.45) is 1.59. The minimum Gasteiger partial charge on any atom is -0.494 e. The molecular formula is C21H20N4O. The van der Waals surface area contributed by atoms with E-state index in [9.17, 15) is 0 Å². The van der Waals surface area contributed by atoms with E-state index in [2.05, 4.69) is 38.1 Å². The highest BCUT2D eigenvalue weighted by Gasteiger charge is 2.13. The number of aryl methyl sites for hydroxylation is 1. The molecule has 2 aromatic carbocycles. The van der Waals surface area contributed by atoms with Gasteiger partial charge < -0.3 is 14.6 Å². The van der Waals surface area contributed by atoms with E-state index in [0.29, 0.717) is 6.61 Å². The molecule has 4 aromatic rings. The molecule has 0 aliphatic carbocycles. The lowest BCUT2D eigenvalue weighted by atomic mass is 10.1. The molecule has 0 radical (unpaired) electrons. The molecule has 0 fully saturated rings. The molecule has 2 aromatic heterocycles. The molecule has 0 saturated carbocycles. The first-order valence-corrected chi connectivity index (χ1v) is 8.62. The molecule has 0 aliphatic heterocycles. The first kappa shape index (κ1) is 16.1. The summed E-state index contributed by atoms with van der Waals surface area (Å²) in [7, 11) is 2.03. The minimum atomic E-state index is 0.658. The van der Waals surface area contributed by atoms with Gasteiger partial charge in [0.1, 0.15) is 23.5 Å². The van der Waals surface area contributed by atoms with Gasteiger partial charge in [0.15, 0.2) is 0 Å². The maximum absolute atomic E-state index is 5.49. The first-order valence-electron chi connectivity index (χ1n) is 8.62. The second-order valence-corrected chi connectivity index (χ2v) is 6.00. The van der Waals surface area contributed by atoms with Crippen LogP contribution in [-0.4, -0.2) is 21.1 Å². The Bertz CT molecular complexity index is 1020. The quantitative estimate of drug-likeness (QED) is 0.566. The maximum Gasteiger partial charge on any atom is 0.145 e. The van der Waals surface area contributed by atoms with Gasteiger partial charge in [-0.15, -0.1) is 0 Å². The Balaban J connectivity index is 1.72. The van der Waals surface area contributed by atoms with E-state index in [4.69, 9.17) is 4.74 Å². The first-order chi connectivity index (χ1) is 12.8. The zero-order valence-electron chi connectivity index (χ0n) is 14.8. The van der Waals surface area contributed by atoms with Crippen molar-refractivity contribution in [2.24, 2.45) is 7.05 Å². The van der Waals surface area contributed by atoms with Gasteiger partial charge in [-0.2, -0.15) is 0 Å². The summed E-state index contributed by atoms with van der Waals surface area (Å²) in [6.45, 7) is 2.63. The van der Waals surface area contributed by atoms with Crippen LogP contribution in [0.5, 0.6) is 5.75 Å². The number of rotatable bonds is 5. The van der Waals surface area contributed by atoms with Crippen molar-refractivity contribution in [3.05, 3.63) is 67.0 Å². The van der Waals surface area contributed by atoms with E-state index in [1.807, 2.05) is 56.4 Å². The predicted octanol–water partition coefficient (Wildman–Crippen LogP) is 4.78. The average Bonchev–Trinajstić information content (AvgIpc) is 3.02. The van der Waals surface area contributed by atoms with E-state index < -0.39 is 0 Å². The second-order valence-electron chi connectivity index (χ2n) is 6.00. The lowest BCUT2D eigenvalue weighted by molar-refractivity contribution is 0.340. The Morgan fingerprint density at radius 2 is 1.77 bits per heavy atom. The fourth-order valence-corrected chi connectivity index (χ4v) is 3.06. The zero-order valence-corrected chi connectivity index (χ0v) is 14.8. The molecule has 1 N–H and O–H groups in total. The Morgan fingerprint density at radius 1 is 1.00 bits per heavy atom. The second kappa shape index (κ2) is 6.88. The number of ether oxygens (including phenoxy) is 1. The molecule has 0 spiro atoms. The number of nitrogens with one attached hydrogen (secondary N) is 1. The maximum atomic E-state index is 5.49. The molecule has 26 heavy (non-hydrogen) atoms. The van der Waals surface area contributed by atoms with E-state index >= 15 is 0 Å². The Morgan fingerprint density at radius 3 is 2.50 bits per heavy atom. The monoisotopic (exact) mass is 344 g/mol. The number of nitrogens with zero attached hydrogens (tertiary/aromatic N) is 3. The van der Waals surface area contributed by atoms with Gasteiger partial charge in [0.25, 0.3) is 0 Å². The van der Waals surface area contributed by atoms with Crippen LogP contribution in [0.4, 0.5) is 11.5 Å². The number of fused-ring (bicyclic) bond motifs is 1. The SMILES string of the molecule is CCOc1ccc(Nc2ncnc3c2cc(-c2ccccc2)n3C)cc1. The van der Waals surface area contributed by atoms with Gasteiger partial charge in [0, 0.05) is 12.7 Å². The van der Waals surface area contributed by atoms with Crippen LogP contribution in [0.3, 0.4) is 0 Å². The van der Waals surface area contributed by atoms with Crippen molar-refractivity contribution >= 4 is 22.5 Å². The van der Waals surface area contributed by atoms with Crippen LogP contribution in [0.1, 0.15) is 6.92 Å². The third kappa shape index (κ3) is 2.99. The van der Waals surface area contributed by atoms with Crippen molar-refractivity contribution < 1.29 is 4.74 Å². The molecule has 0 aliphatic rings. The summed E-state index contributed by atoms with van der Waals surface area (Å²) < 4.78 is 7.59. The zero-order chi connectivity index (χ0) is 17.9. The Hall–Kier alpha value is -3.34. The van der Waals surface area contributed by atoms with Crippen molar-refractivity contribution in [3.63, 3.8) is 0 Å². The van der Waals surface area contributed by atoms with Gasteiger partial charge in [-0.1, -0.05) is 30.3 Å². The molecule has 5 nitrogen and oxygen atoms in total. The van der Waals surface area contributed by atoms with Crippen LogP contribution >= 0.6 is 0 Å². The van der Waals surface area contributed by atoms with Crippen LogP contribution in [-0.2, 0) is 7.05 Å². The molecule has 0 saturated heterocycles. The lowest BCUT2D eigenvalue weighted by Crippen LogP contribution is -1.97. The van der Waals surface area contributed by atoms with Crippen molar-refractivity contribution in [3.8, 4) is 17.0 Å². The van der Waals surface area contributed by atoms with Crippen LogP contribution in [0.25, 0.3) is 22.3 Å². The van der Waals surface area contributed by atoms with E-state index in [-0.39, 0.29) is 0 Å². The molecule has 2 heterocycles. The third-order valence-corrected chi connectivity index (χ3v) is 4.32. The van der Waals surface area contributed by atoms with Gasteiger partial charge in [-0.05, 0) is 42.8 Å². The normalized spacial score (nSPS) is 10.8. The van der Waals surface area contributed by atoms with E-state index in [0.717, 1.165) is 39.5 Å². The summed E-state index contributed by atoms with van der Waals surface area (Å²) in [5, 5.41) is 4.38. The summed E-state index contributed by atoms with van der Waals surface area (Å²) in [5.74, 6) is 1.65. The number of benzene rings is 2. The lowest BCUT2D eigenvalue weighted by Gasteiger charge is -2.08. The Labute approximate surface area is 152 Å². The third-order valence-electron chi connectivity index (χ3n) is 4.32. The van der Waals surface area contributed by atoms with Gasteiger partial charge in [0.2, 0.25) is 0 Å².